The molecule has 0 aliphatic rings. The van der Waals surface area contributed by atoms with Crippen molar-refractivity contribution in [3.63, 3.8) is 0 Å². The third-order valence-corrected chi connectivity index (χ3v) is 3.62. The highest BCUT2D eigenvalue weighted by molar-refractivity contribution is 9.10. The first-order chi connectivity index (χ1) is 10.1. The minimum Gasteiger partial charge on any atom is -0.494 e. The van der Waals surface area contributed by atoms with E-state index >= 15 is 0 Å². The van der Waals surface area contributed by atoms with Gasteiger partial charge in [0, 0.05) is 22.5 Å². The second-order valence-corrected chi connectivity index (χ2v) is 5.69. The van der Waals surface area contributed by atoms with Crippen molar-refractivity contribution in [1.29, 1.82) is 0 Å². The molecular formula is C16H24BrNO3. The van der Waals surface area contributed by atoms with Gasteiger partial charge in [0.05, 0.1) is 13.2 Å². The van der Waals surface area contributed by atoms with Crippen molar-refractivity contribution in [3.05, 3.63) is 28.2 Å². The highest BCUT2D eigenvalue weighted by atomic mass is 79.9. The molecule has 0 aliphatic heterocycles. The molecule has 118 valence electrons. The molecule has 0 radical (unpaired) electrons. The van der Waals surface area contributed by atoms with Crippen LogP contribution in [0.2, 0.25) is 0 Å². The van der Waals surface area contributed by atoms with Crippen LogP contribution in [0.1, 0.15) is 51.1 Å². The summed E-state index contributed by atoms with van der Waals surface area (Å²) in [6, 6.07) is 5.79. The fraction of sp³-hybridized carbons (Fsp3) is 0.562. The molecule has 0 spiro atoms. The van der Waals surface area contributed by atoms with Crippen molar-refractivity contribution in [2.45, 2.75) is 45.6 Å². The van der Waals surface area contributed by atoms with Crippen LogP contribution in [0, 0.1) is 0 Å². The van der Waals surface area contributed by atoms with Crippen LogP contribution in [0.15, 0.2) is 22.7 Å². The lowest BCUT2D eigenvalue weighted by molar-refractivity contribution is -0.143. The van der Waals surface area contributed by atoms with Crippen molar-refractivity contribution in [2.75, 3.05) is 13.2 Å². The zero-order valence-electron chi connectivity index (χ0n) is 12.7. The summed E-state index contributed by atoms with van der Waals surface area (Å²) < 4.78 is 11.5. The standard InChI is InChI=1S/C16H24BrNO3/c1-3-20-15-10-9-12(17)11-13(15)14(18)7-5-6-8-16(19)21-4-2/h9-11,14H,3-8,18H2,1-2H3. The molecule has 2 N–H and O–H groups in total. The molecular weight excluding hydrogens is 334 g/mol. The molecule has 1 aromatic carbocycles. The monoisotopic (exact) mass is 357 g/mol. The first kappa shape index (κ1) is 18.0. The molecule has 0 bridgehead atoms. The van der Waals surface area contributed by atoms with Gasteiger partial charge in [0.15, 0.2) is 0 Å². The second kappa shape index (κ2) is 9.79. The molecule has 1 atom stereocenters. The molecule has 0 amide bonds. The van der Waals surface area contributed by atoms with E-state index < -0.39 is 0 Å². The number of esters is 1. The number of hydrogen-bond acceptors (Lipinski definition) is 4. The second-order valence-electron chi connectivity index (χ2n) is 4.77. The van der Waals surface area contributed by atoms with Gasteiger partial charge in [-0.15, -0.1) is 0 Å². The van der Waals surface area contributed by atoms with E-state index in [1.54, 1.807) is 0 Å². The van der Waals surface area contributed by atoms with Gasteiger partial charge in [0.25, 0.3) is 0 Å². The topological polar surface area (TPSA) is 61.5 Å². The van der Waals surface area contributed by atoms with E-state index in [-0.39, 0.29) is 12.0 Å². The summed E-state index contributed by atoms with van der Waals surface area (Å²) in [5, 5.41) is 0. The Kier molecular flexibility index (Phi) is 8.38. The zero-order chi connectivity index (χ0) is 15.7. The quantitative estimate of drug-likeness (QED) is 0.536. The molecule has 0 aromatic heterocycles. The molecule has 1 unspecified atom stereocenters. The Morgan fingerprint density at radius 3 is 2.71 bits per heavy atom. The summed E-state index contributed by atoms with van der Waals surface area (Å²) in [4.78, 5) is 11.3. The summed E-state index contributed by atoms with van der Waals surface area (Å²) in [5.74, 6) is 0.696. The highest BCUT2D eigenvalue weighted by Crippen LogP contribution is 2.30. The van der Waals surface area contributed by atoms with Gasteiger partial charge in [-0.25, -0.2) is 0 Å². The molecule has 4 nitrogen and oxygen atoms in total. The van der Waals surface area contributed by atoms with E-state index in [2.05, 4.69) is 15.9 Å². The largest absolute Gasteiger partial charge is 0.494 e. The summed E-state index contributed by atoms with van der Waals surface area (Å²) >= 11 is 3.46. The van der Waals surface area contributed by atoms with Crippen molar-refractivity contribution >= 4 is 21.9 Å². The van der Waals surface area contributed by atoms with Crippen molar-refractivity contribution in [3.8, 4) is 5.75 Å². The Labute approximate surface area is 135 Å². The van der Waals surface area contributed by atoms with Gasteiger partial charge in [0.2, 0.25) is 0 Å². The van der Waals surface area contributed by atoms with E-state index in [0.29, 0.717) is 19.6 Å². The average molecular weight is 358 g/mol. The summed E-state index contributed by atoms with van der Waals surface area (Å²) in [7, 11) is 0. The fourth-order valence-corrected chi connectivity index (χ4v) is 2.50. The molecule has 1 aromatic rings. The molecule has 1 rings (SSSR count). The first-order valence-corrected chi connectivity index (χ1v) is 8.21. The van der Waals surface area contributed by atoms with Crippen molar-refractivity contribution in [1.82, 2.24) is 0 Å². The maximum atomic E-state index is 11.3. The van der Waals surface area contributed by atoms with E-state index in [1.165, 1.54) is 0 Å². The smallest absolute Gasteiger partial charge is 0.305 e. The molecule has 0 fully saturated rings. The van der Waals surface area contributed by atoms with Crippen LogP contribution in [-0.2, 0) is 9.53 Å². The maximum Gasteiger partial charge on any atom is 0.305 e. The number of ether oxygens (including phenoxy) is 2. The lowest BCUT2D eigenvalue weighted by Crippen LogP contribution is -2.12. The van der Waals surface area contributed by atoms with E-state index in [1.807, 2.05) is 32.0 Å². The van der Waals surface area contributed by atoms with E-state index in [9.17, 15) is 4.79 Å². The minimum absolute atomic E-state index is 0.0914. The van der Waals surface area contributed by atoms with Crippen LogP contribution in [0.5, 0.6) is 5.75 Å². The molecule has 0 heterocycles. The number of nitrogens with two attached hydrogens (primary N) is 1. The lowest BCUT2D eigenvalue weighted by atomic mass is 10.0. The van der Waals surface area contributed by atoms with Crippen molar-refractivity contribution in [2.24, 2.45) is 5.73 Å². The van der Waals surface area contributed by atoms with Crippen LogP contribution >= 0.6 is 15.9 Å². The van der Waals surface area contributed by atoms with Crippen molar-refractivity contribution < 1.29 is 14.3 Å². The SMILES string of the molecule is CCOC(=O)CCCCC(N)c1cc(Br)ccc1OCC. The van der Waals surface area contributed by atoms with Gasteiger partial charge < -0.3 is 15.2 Å². The lowest BCUT2D eigenvalue weighted by Gasteiger charge is -2.17. The molecule has 5 heteroatoms. The third-order valence-electron chi connectivity index (χ3n) is 3.12. The highest BCUT2D eigenvalue weighted by Gasteiger charge is 2.13. The molecule has 0 saturated carbocycles. The van der Waals surface area contributed by atoms with Gasteiger partial charge >= 0.3 is 5.97 Å². The normalized spacial score (nSPS) is 12.0. The number of carbonyl (C=O) groups excluding carboxylic acids is 1. The van der Waals surface area contributed by atoms with E-state index in [0.717, 1.165) is 35.0 Å². The Bertz CT molecular complexity index is 451. The summed E-state index contributed by atoms with van der Waals surface area (Å²) in [6.45, 7) is 4.82. The molecule has 0 aliphatic carbocycles. The molecule has 21 heavy (non-hydrogen) atoms. The fourth-order valence-electron chi connectivity index (χ4n) is 2.12. The van der Waals surface area contributed by atoms with Crippen LogP contribution < -0.4 is 10.5 Å². The number of rotatable bonds is 9. The number of hydrogen-bond donors (Lipinski definition) is 1. The zero-order valence-corrected chi connectivity index (χ0v) is 14.3. The molecule has 0 saturated heterocycles. The van der Waals surface area contributed by atoms with Gasteiger partial charge in [0.1, 0.15) is 5.75 Å². The summed E-state index contributed by atoms with van der Waals surface area (Å²) in [6.07, 6.45) is 2.95. The van der Waals surface area contributed by atoms with Crippen LogP contribution in [0.25, 0.3) is 0 Å². The Morgan fingerprint density at radius 1 is 1.29 bits per heavy atom. The number of halogens is 1. The first-order valence-electron chi connectivity index (χ1n) is 7.41. The predicted molar refractivity (Wildman–Crippen MR) is 87.3 cm³/mol. The number of benzene rings is 1. The Morgan fingerprint density at radius 2 is 2.05 bits per heavy atom. The van der Waals surface area contributed by atoms with Crippen LogP contribution in [0.3, 0.4) is 0 Å². The minimum atomic E-state index is -0.136. The Hall–Kier alpha value is -1.07. The maximum absolute atomic E-state index is 11.3. The van der Waals surface area contributed by atoms with Gasteiger partial charge in [-0.3, -0.25) is 4.79 Å². The number of carbonyl (C=O) groups is 1. The average Bonchev–Trinajstić information content (AvgIpc) is 2.46. The van der Waals surface area contributed by atoms with E-state index in [4.69, 9.17) is 15.2 Å². The van der Waals surface area contributed by atoms with Gasteiger partial charge in [-0.2, -0.15) is 0 Å². The Balaban J connectivity index is 2.49. The summed E-state index contributed by atoms with van der Waals surface area (Å²) in [5.41, 5.74) is 7.26. The third kappa shape index (κ3) is 6.48. The number of unbranched alkanes of at least 4 members (excludes halogenated alkanes) is 1. The van der Waals surface area contributed by atoms with Crippen LogP contribution in [-0.4, -0.2) is 19.2 Å². The van der Waals surface area contributed by atoms with Gasteiger partial charge in [-0.05, 0) is 44.9 Å². The van der Waals surface area contributed by atoms with Gasteiger partial charge in [-0.1, -0.05) is 22.4 Å². The van der Waals surface area contributed by atoms with Crippen LogP contribution in [0.4, 0.5) is 0 Å². The predicted octanol–water partition coefficient (Wildman–Crippen LogP) is 3.97.